The van der Waals surface area contributed by atoms with Gasteiger partial charge in [-0.3, -0.25) is 0 Å². The lowest BCUT2D eigenvalue weighted by atomic mass is 9.88. The summed E-state index contributed by atoms with van der Waals surface area (Å²) in [6.07, 6.45) is 13.1. The Balaban J connectivity index is 0.000000980. The third-order valence-corrected chi connectivity index (χ3v) is 2.49. The summed E-state index contributed by atoms with van der Waals surface area (Å²) in [6, 6.07) is 0.0899. The van der Waals surface area contributed by atoms with Gasteiger partial charge in [0.25, 0.3) is 0 Å². The molecule has 0 aromatic carbocycles. The third kappa shape index (κ3) is 3.16. The molecule has 5 heteroatoms. The van der Waals surface area contributed by atoms with Gasteiger partial charge in [0.05, 0.1) is 6.04 Å². The minimum absolute atomic E-state index is 0. The monoisotopic (exact) mass is 250 g/mol. The Labute approximate surface area is 102 Å². The van der Waals surface area contributed by atoms with Crippen LogP contribution in [-0.2, 0) is 0 Å². The van der Waals surface area contributed by atoms with E-state index in [2.05, 4.69) is 16.7 Å². The molecule has 0 amide bonds. The van der Waals surface area contributed by atoms with Crippen molar-refractivity contribution in [3.63, 3.8) is 0 Å². The number of allylic oxidation sites excluding steroid dienone is 1. The van der Waals surface area contributed by atoms with E-state index >= 15 is 0 Å². The van der Waals surface area contributed by atoms with Gasteiger partial charge in [0.15, 0.2) is 0 Å². The van der Waals surface area contributed by atoms with Crippen LogP contribution >= 0.6 is 24.8 Å². The lowest BCUT2D eigenvalue weighted by molar-refractivity contribution is 0.0935. The topological polar surface area (TPSA) is 44.3 Å². The highest BCUT2D eigenvalue weighted by Gasteiger charge is 2.32. The molecule has 0 saturated carbocycles. The summed E-state index contributed by atoms with van der Waals surface area (Å²) in [5, 5.41) is 16.3. The fourth-order valence-corrected chi connectivity index (χ4v) is 1.69. The summed E-state index contributed by atoms with van der Waals surface area (Å²) in [7, 11) is 0. The predicted octanol–water partition coefficient (Wildman–Crippen LogP) is 1.46. The molecule has 0 spiro atoms. The van der Waals surface area contributed by atoms with E-state index in [1.165, 1.54) is 0 Å². The molecule has 2 aliphatic heterocycles. The fourth-order valence-electron chi connectivity index (χ4n) is 1.69. The minimum atomic E-state index is -0.837. The molecule has 3 N–H and O–H groups in total. The van der Waals surface area contributed by atoms with Crippen LogP contribution in [0.5, 0.6) is 0 Å². The summed E-state index contributed by atoms with van der Waals surface area (Å²) in [4.78, 5) is 0. The van der Waals surface area contributed by atoms with E-state index in [-0.39, 0.29) is 30.9 Å². The van der Waals surface area contributed by atoms with Crippen molar-refractivity contribution in [1.29, 1.82) is 0 Å². The zero-order chi connectivity index (χ0) is 9.15. The highest BCUT2D eigenvalue weighted by Crippen LogP contribution is 2.22. The maximum Gasteiger partial charge on any atom is 0.124 e. The van der Waals surface area contributed by atoms with Crippen molar-refractivity contribution in [3.8, 4) is 0 Å². The van der Waals surface area contributed by atoms with Gasteiger partial charge >= 0.3 is 0 Å². The third-order valence-electron chi connectivity index (χ3n) is 2.49. The highest BCUT2D eigenvalue weighted by atomic mass is 35.5. The summed E-state index contributed by atoms with van der Waals surface area (Å²) >= 11 is 0. The summed E-state index contributed by atoms with van der Waals surface area (Å²) < 4.78 is 0. The average Bonchev–Trinajstić information content (AvgIpc) is 2.20. The zero-order valence-corrected chi connectivity index (χ0v) is 9.85. The van der Waals surface area contributed by atoms with Crippen molar-refractivity contribution in [3.05, 3.63) is 36.8 Å². The summed E-state index contributed by atoms with van der Waals surface area (Å²) in [5.41, 5.74) is -0.837. The number of halogens is 2. The van der Waals surface area contributed by atoms with E-state index in [1.807, 2.05) is 6.20 Å². The second kappa shape index (κ2) is 6.05. The highest BCUT2D eigenvalue weighted by molar-refractivity contribution is 5.85. The number of nitrogens with one attached hydrogen (secondary N) is 2. The average molecular weight is 251 g/mol. The molecule has 0 radical (unpaired) electrons. The van der Waals surface area contributed by atoms with Crippen molar-refractivity contribution >= 4 is 24.8 Å². The maximum atomic E-state index is 10.2. The van der Waals surface area contributed by atoms with E-state index in [0.29, 0.717) is 0 Å². The lowest BCUT2D eigenvalue weighted by Crippen LogP contribution is -2.48. The maximum absolute atomic E-state index is 10.2. The molecule has 1 unspecified atom stereocenters. The molecule has 0 fully saturated rings. The first-order valence-corrected chi connectivity index (χ1v) is 4.56. The molecule has 2 rings (SSSR count). The number of hydrogen-bond donors (Lipinski definition) is 3. The van der Waals surface area contributed by atoms with Crippen LogP contribution in [-0.4, -0.2) is 16.7 Å². The Morgan fingerprint density at radius 1 is 1.13 bits per heavy atom. The second-order valence-corrected chi connectivity index (χ2v) is 3.42. The number of dihydropyridines is 1. The smallest absolute Gasteiger partial charge is 0.124 e. The van der Waals surface area contributed by atoms with Crippen LogP contribution in [0.1, 0.15) is 12.8 Å². The first-order chi connectivity index (χ1) is 6.31. The first kappa shape index (κ1) is 14.4. The van der Waals surface area contributed by atoms with Crippen molar-refractivity contribution in [2.75, 3.05) is 0 Å². The Kier molecular flexibility index (Phi) is 5.80. The molecule has 0 bridgehead atoms. The van der Waals surface area contributed by atoms with Gasteiger partial charge in [0, 0.05) is 0 Å². The van der Waals surface area contributed by atoms with Gasteiger partial charge in [-0.25, -0.2) is 0 Å². The molecule has 2 heterocycles. The molecule has 0 aliphatic carbocycles. The van der Waals surface area contributed by atoms with E-state index in [9.17, 15) is 5.11 Å². The molecule has 0 aromatic rings. The molecule has 0 saturated heterocycles. The Bertz CT molecular complexity index is 265. The van der Waals surface area contributed by atoms with Crippen LogP contribution in [0.15, 0.2) is 36.8 Å². The van der Waals surface area contributed by atoms with E-state index < -0.39 is 5.60 Å². The standard InChI is InChI=1S/C10H14N2O.2ClH/c13-10(4-7-11-8-5-10)9-3-1-2-6-12-9;;/h2,4-9,11-13H,1,3H2;2*1H. The van der Waals surface area contributed by atoms with Crippen LogP contribution in [0.25, 0.3) is 0 Å². The normalized spacial score (nSPS) is 25.5. The van der Waals surface area contributed by atoms with E-state index in [0.717, 1.165) is 12.8 Å². The van der Waals surface area contributed by atoms with Crippen molar-refractivity contribution in [2.45, 2.75) is 24.5 Å². The van der Waals surface area contributed by atoms with E-state index in [4.69, 9.17) is 0 Å². The van der Waals surface area contributed by atoms with Crippen molar-refractivity contribution in [1.82, 2.24) is 10.6 Å². The van der Waals surface area contributed by atoms with Gasteiger partial charge in [-0.1, -0.05) is 6.08 Å². The van der Waals surface area contributed by atoms with Crippen LogP contribution < -0.4 is 10.6 Å². The van der Waals surface area contributed by atoms with Crippen LogP contribution in [0, 0.1) is 0 Å². The lowest BCUT2D eigenvalue weighted by Gasteiger charge is -2.34. The summed E-state index contributed by atoms with van der Waals surface area (Å²) in [5.74, 6) is 0. The van der Waals surface area contributed by atoms with Crippen LogP contribution in [0.3, 0.4) is 0 Å². The molecular weight excluding hydrogens is 235 g/mol. The Morgan fingerprint density at radius 3 is 2.33 bits per heavy atom. The van der Waals surface area contributed by atoms with Crippen LogP contribution in [0.2, 0.25) is 0 Å². The molecule has 86 valence electrons. The molecular formula is C10H16Cl2N2O. The summed E-state index contributed by atoms with van der Waals surface area (Å²) in [6.45, 7) is 0. The van der Waals surface area contributed by atoms with Gasteiger partial charge in [-0.2, -0.15) is 0 Å². The van der Waals surface area contributed by atoms with Crippen molar-refractivity contribution < 1.29 is 5.11 Å². The Hall–Kier alpha value is -0.640. The van der Waals surface area contributed by atoms with Crippen molar-refractivity contribution in [2.24, 2.45) is 0 Å². The van der Waals surface area contributed by atoms with Gasteiger partial charge in [0.1, 0.15) is 5.60 Å². The number of rotatable bonds is 1. The predicted molar refractivity (Wildman–Crippen MR) is 66.2 cm³/mol. The number of hydrogen-bond acceptors (Lipinski definition) is 3. The zero-order valence-electron chi connectivity index (χ0n) is 8.22. The fraction of sp³-hybridized carbons (Fsp3) is 0.400. The van der Waals surface area contributed by atoms with Gasteiger partial charge in [-0.05, 0) is 43.6 Å². The molecule has 1 atom stereocenters. The van der Waals surface area contributed by atoms with E-state index in [1.54, 1.807) is 24.6 Å². The first-order valence-electron chi connectivity index (χ1n) is 4.56. The number of aliphatic hydroxyl groups is 1. The quantitative estimate of drug-likeness (QED) is 0.661. The minimum Gasteiger partial charge on any atom is -0.385 e. The van der Waals surface area contributed by atoms with Gasteiger partial charge in [-0.15, -0.1) is 24.8 Å². The van der Waals surface area contributed by atoms with Gasteiger partial charge in [0.2, 0.25) is 0 Å². The molecule has 3 nitrogen and oxygen atoms in total. The molecule has 15 heavy (non-hydrogen) atoms. The SMILES string of the molecule is Cl.Cl.OC1(C2CCC=CN2)C=CNC=C1. The Morgan fingerprint density at radius 2 is 1.80 bits per heavy atom. The largest absolute Gasteiger partial charge is 0.385 e. The second-order valence-electron chi connectivity index (χ2n) is 3.42. The molecule has 0 aromatic heterocycles. The van der Waals surface area contributed by atoms with Gasteiger partial charge < -0.3 is 15.7 Å². The van der Waals surface area contributed by atoms with Crippen LogP contribution in [0.4, 0.5) is 0 Å². The molecule has 2 aliphatic rings.